The SMILES string of the molecule is CC(C)c1nc2c(o1)CCN(C(=O)C(c1cccc(F)c1)N(C)C)C2. The van der Waals surface area contributed by atoms with Gasteiger partial charge in [0.25, 0.3) is 0 Å². The van der Waals surface area contributed by atoms with E-state index in [4.69, 9.17) is 4.42 Å². The van der Waals surface area contributed by atoms with Gasteiger partial charge in [-0.05, 0) is 31.8 Å². The quantitative estimate of drug-likeness (QED) is 0.854. The minimum Gasteiger partial charge on any atom is -0.445 e. The van der Waals surface area contributed by atoms with E-state index in [0.717, 1.165) is 11.5 Å². The average Bonchev–Trinajstić information content (AvgIpc) is 2.98. The number of hydrogen-bond acceptors (Lipinski definition) is 4. The molecule has 25 heavy (non-hydrogen) atoms. The molecule has 0 radical (unpaired) electrons. The van der Waals surface area contributed by atoms with Gasteiger partial charge < -0.3 is 9.32 Å². The number of halogens is 1. The van der Waals surface area contributed by atoms with Crippen molar-refractivity contribution in [3.05, 3.63) is 53.0 Å². The number of aromatic nitrogens is 1. The van der Waals surface area contributed by atoms with Crippen molar-refractivity contribution in [1.82, 2.24) is 14.8 Å². The first-order valence-corrected chi connectivity index (χ1v) is 8.56. The lowest BCUT2D eigenvalue weighted by Gasteiger charge is -2.32. The number of carbonyl (C=O) groups is 1. The van der Waals surface area contributed by atoms with Crippen LogP contribution in [0.2, 0.25) is 0 Å². The Balaban J connectivity index is 1.83. The fraction of sp³-hybridized carbons (Fsp3) is 0.474. The van der Waals surface area contributed by atoms with Crippen molar-refractivity contribution in [3.8, 4) is 0 Å². The van der Waals surface area contributed by atoms with Crippen LogP contribution in [0.4, 0.5) is 4.39 Å². The Kier molecular flexibility index (Phi) is 4.90. The highest BCUT2D eigenvalue weighted by molar-refractivity contribution is 5.83. The average molecular weight is 345 g/mol. The number of likely N-dealkylation sites (N-methyl/N-ethyl adjacent to an activating group) is 1. The van der Waals surface area contributed by atoms with Crippen LogP contribution in [0.3, 0.4) is 0 Å². The van der Waals surface area contributed by atoms with Crippen LogP contribution in [-0.4, -0.2) is 41.3 Å². The highest BCUT2D eigenvalue weighted by Gasteiger charge is 2.32. The molecule has 1 aromatic carbocycles. The summed E-state index contributed by atoms with van der Waals surface area (Å²) >= 11 is 0. The summed E-state index contributed by atoms with van der Waals surface area (Å²) in [5.74, 6) is 1.43. The molecule has 0 spiro atoms. The number of rotatable bonds is 4. The Bertz CT molecular complexity index is 770. The highest BCUT2D eigenvalue weighted by atomic mass is 19.1. The second kappa shape index (κ2) is 6.96. The van der Waals surface area contributed by atoms with Gasteiger partial charge in [0.2, 0.25) is 5.91 Å². The van der Waals surface area contributed by atoms with Crippen LogP contribution in [0.1, 0.15) is 48.7 Å². The molecule has 134 valence electrons. The van der Waals surface area contributed by atoms with E-state index in [1.165, 1.54) is 12.1 Å². The second-order valence-corrected chi connectivity index (χ2v) is 7.01. The number of carbonyl (C=O) groups excluding carboxylic acids is 1. The molecule has 0 saturated carbocycles. The van der Waals surface area contributed by atoms with E-state index in [9.17, 15) is 9.18 Å². The maximum Gasteiger partial charge on any atom is 0.244 e. The standard InChI is InChI=1S/C19H24FN3O2/c1-12(2)18-21-15-11-23(9-8-16(15)25-18)19(24)17(22(3)4)13-6-5-7-14(20)10-13/h5-7,10,12,17H,8-9,11H2,1-4H3. The second-order valence-electron chi connectivity index (χ2n) is 7.01. The summed E-state index contributed by atoms with van der Waals surface area (Å²) in [7, 11) is 3.66. The number of benzene rings is 1. The van der Waals surface area contributed by atoms with Crippen molar-refractivity contribution in [1.29, 1.82) is 0 Å². The van der Waals surface area contributed by atoms with E-state index < -0.39 is 6.04 Å². The van der Waals surface area contributed by atoms with Gasteiger partial charge in [0.05, 0.1) is 6.54 Å². The molecule has 2 heterocycles. The lowest BCUT2D eigenvalue weighted by atomic mass is 10.0. The normalized spacial score (nSPS) is 15.6. The fourth-order valence-electron chi connectivity index (χ4n) is 3.16. The van der Waals surface area contributed by atoms with E-state index in [0.29, 0.717) is 31.0 Å². The van der Waals surface area contributed by atoms with Gasteiger partial charge in [0.1, 0.15) is 23.3 Å². The predicted molar refractivity (Wildman–Crippen MR) is 92.5 cm³/mol. The molecule has 1 aliphatic heterocycles. The molecular formula is C19H24FN3O2. The van der Waals surface area contributed by atoms with Gasteiger partial charge in [0.15, 0.2) is 5.89 Å². The van der Waals surface area contributed by atoms with Gasteiger partial charge in [0, 0.05) is 18.9 Å². The molecule has 6 heteroatoms. The Labute approximate surface area is 147 Å². The van der Waals surface area contributed by atoms with E-state index in [1.807, 2.05) is 32.8 Å². The Morgan fingerprint density at radius 1 is 1.36 bits per heavy atom. The van der Waals surface area contributed by atoms with Gasteiger partial charge in [-0.3, -0.25) is 9.69 Å². The van der Waals surface area contributed by atoms with Crippen molar-refractivity contribution in [2.24, 2.45) is 0 Å². The molecule has 1 aromatic heterocycles. The van der Waals surface area contributed by atoms with Crippen LogP contribution in [0.5, 0.6) is 0 Å². The van der Waals surface area contributed by atoms with Crippen LogP contribution < -0.4 is 0 Å². The number of hydrogen-bond donors (Lipinski definition) is 0. The van der Waals surface area contributed by atoms with E-state index in [-0.39, 0.29) is 17.6 Å². The van der Waals surface area contributed by atoms with Crippen molar-refractivity contribution in [2.45, 2.75) is 38.8 Å². The topological polar surface area (TPSA) is 49.6 Å². The van der Waals surface area contributed by atoms with E-state index >= 15 is 0 Å². The molecule has 0 N–H and O–H groups in total. The molecule has 1 unspecified atom stereocenters. The first kappa shape index (κ1) is 17.6. The third-order valence-electron chi connectivity index (χ3n) is 4.46. The summed E-state index contributed by atoms with van der Waals surface area (Å²) in [5, 5.41) is 0. The number of fused-ring (bicyclic) bond motifs is 1. The summed E-state index contributed by atoms with van der Waals surface area (Å²) in [4.78, 5) is 21.2. The maximum atomic E-state index is 13.6. The summed E-state index contributed by atoms with van der Waals surface area (Å²) in [5.41, 5.74) is 1.49. The van der Waals surface area contributed by atoms with Crippen LogP contribution in [0.25, 0.3) is 0 Å². The Morgan fingerprint density at radius 2 is 2.12 bits per heavy atom. The van der Waals surface area contributed by atoms with Gasteiger partial charge >= 0.3 is 0 Å². The summed E-state index contributed by atoms with van der Waals surface area (Å²) < 4.78 is 19.4. The molecule has 1 atom stereocenters. The highest BCUT2D eigenvalue weighted by Crippen LogP contribution is 2.27. The largest absolute Gasteiger partial charge is 0.445 e. The summed E-state index contributed by atoms with van der Waals surface area (Å²) in [6.07, 6.45) is 0.657. The third-order valence-corrected chi connectivity index (χ3v) is 4.46. The van der Waals surface area contributed by atoms with Gasteiger partial charge in [-0.25, -0.2) is 9.37 Å². The van der Waals surface area contributed by atoms with Gasteiger partial charge in [-0.15, -0.1) is 0 Å². The molecular weight excluding hydrogens is 321 g/mol. The van der Waals surface area contributed by atoms with Crippen molar-refractivity contribution in [3.63, 3.8) is 0 Å². The zero-order valence-electron chi connectivity index (χ0n) is 15.1. The number of amides is 1. The van der Waals surface area contributed by atoms with Gasteiger partial charge in [-0.1, -0.05) is 26.0 Å². The molecule has 0 bridgehead atoms. The third kappa shape index (κ3) is 3.58. The molecule has 0 aliphatic carbocycles. The molecule has 0 saturated heterocycles. The lowest BCUT2D eigenvalue weighted by Crippen LogP contribution is -2.43. The summed E-state index contributed by atoms with van der Waals surface area (Å²) in [6, 6.07) is 5.71. The van der Waals surface area contributed by atoms with E-state index in [2.05, 4.69) is 4.98 Å². The smallest absolute Gasteiger partial charge is 0.244 e. The molecule has 3 rings (SSSR count). The number of oxazole rings is 1. The van der Waals surface area contributed by atoms with Crippen molar-refractivity contribution < 1.29 is 13.6 Å². The first-order valence-electron chi connectivity index (χ1n) is 8.56. The van der Waals surface area contributed by atoms with E-state index in [1.54, 1.807) is 17.0 Å². The summed E-state index contributed by atoms with van der Waals surface area (Å²) in [6.45, 7) is 5.08. The first-order chi connectivity index (χ1) is 11.9. The zero-order chi connectivity index (χ0) is 18.1. The number of nitrogens with zero attached hydrogens (tertiary/aromatic N) is 3. The van der Waals surface area contributed by atoms with Crippen LogP contribution in [0.15, 0.2) is 28.7 Å². The molecule has 2 aromatic rings. The molecule has 0 fully saturated rings. The predicted octanol–water partition coefficient (Wildman–Crippen LogP) is 3.12. The van der Waals surface area contributed by atoms with Crippen LogP contribution >= 0.6 is 0 Å². The fourth-order valence-corrected chi connectivity index (χ4v) is 3.16. The Hall–Kier alpha value is -2.21. The minimum atomic E-state index is -0.520. The zero-order valence-corrected chi connectivity index (χ0v) is 15.1. The van der Waals surface area contributed by atoms with Crippen molar-refractivity contribution in [2.75, 3.05) is 20.6 Å². The Morgan fingerprint density at radius 3 is 2.76 bits per heavy atom. The monoisotopic (exact) mass is 345 g/mol. The molecule has 1 aliphatic rings. The van der Waals surface area contributed by atoms with Crippen LogP contribution in [-0.2, 0) is 17.8 Å². The van der Waals surface area contributed by atoms with Crippen molar-refractivity contribution >= 4 is 5.91 Å². The molecule has 5 nitrogen and oxygen atoms in total. The van der Waals surface area contributed by atoms with Crippen LogP contribution in [0, 0.1) is 5.82 Å². The molecule has 1 amide bonds. The lowest BCUT2D eigenvalue weighted by molar-refractivity contribution is -0.137. The minimum absolute atomic E-state index is 0.0460. The maximum absolute atomic E-state index is 13.6. The van der Waals surface area contributed by atoms with Gasteiger partial charge in [-0.2, -0.15) is 0 Å².